The first-order chi connectivity index (χ1) is 17.9. The van der Waals surface area contributed by atoms with E-state index in [4.69, 9.17) is 20.4 Å². The lowest BCUT2D eigenvalue weighted by Gasteiger charge is -2.22. The molecule has 206 valence electrons. The number of aromatic nitrogens is 2. The summed E-state index contributed by atoms with van der Waals surface area (Å²) in [5, 5.41) is 33.8. The predicted octanol–water partition coefficient (Wildman–Crippen LogP) is 3.38. The second-order valence-corrected chi connectivity index (χ2v) is 9.98. The molecule has 2 aromatic heterocycles. The Bertz CT molecular complexity index is 1200. The van der Waals surface area contributed by atoms with Crippen molar-refractivity contribution in [2.45, 2.75) is 51.4 Å². The van der Waals surface area contributed by atoms with Gasteiger partial charge in [0.2, 0.25) is 0 Å². The number of carboxylic acids is 3. The van der Waals surface area contributed by atoms with Crippen LogP contribution in [0.1, 0.15) is 34.6 Å². The predicted molar refractivity (Wildman–Crippen MR) is 133 cm³/mol. The van der Waals surface area contributed by atoms with E-state index in [1.807, 2.05) is 17.1 Å². The van der Waals surface area contributed by atoms with Gasteiger partial charge in [-0.15, -0.1) is 11.3 Å². The summed E-state index contributed by atoms with van der Waals surface area (Å²) in [5.41, 5.74) is -1.95. The van der Waals surface area contributed by atoms with Crippen molar-refractivity contribution in [3.8, 4) is 0 Å². The highest BCUT2D eigenvalue weighted by molar-refractivity contribution is 7.11. The molecule has 0 aliphatic carbocycles. The Labute approximate surface area is 221 Å². The first kappa shape index (κ1) is 30.5. The molecule has 4 N–H and O–H groups in total. The maximum Gasteiger partial charge on any atom is 0.336 e. The van der Waals surface area contributed by atoms with E-state index in [2.05, 4.69) is 28.9 Å². The van der Waals surface area contributed by atoms with E-state index >= 15 is 0 Å². The zero-order chi connectivity index (χ0) is 28.3. The lowest BCUT2D eigenvalue weighted by atomic mass is 9.96. The quantitative estimate of drug-likeness (QED) is 0.249. The number of halogens is 2. The molecule has 0 aliphatic rings. The van der Waals surface area contributed by atoms with Crippen molar-refractivity contribution in [2.75, 3.05) is 6.54 Å². The van der Waals surface area contributed by atoms with Crippen molar-refractivity contribution in [3.05, 3.63) is 76.0 Å². The molecule has 38 heavy (non-hydrogen) atoms. The fourth-order valence-corrected chi connectivity index (χ4v) is 4.44. The highest BCUT2D eigenvalue weighted by Gasteiger charge is 2.40. The molecule has 0 bridgehead atoms. The standard InChI is InChI=1S/C19H21F2N3S.C6H8O7/c1-15-3-5-17(25-15)13-24(9-2-8-23-10-7-22-14-23)12-16-4-6-18(20)19(21)11-16;7-3(8)1-6(13,5(11)12)2-4(9)10/h3-7,10-11,14H,2,8-9,12-13H2,1H3;13H,1-2H2,(H,7,8)(H,9,10)(H,11,12). The SMILES string of the molecule is Cc1ccc(CN(CCCn2ccnc2)Cc2ccc(F)c(F)c2)s1.O=C(O)CC(O)(CC(=O)O)C(=O)O. The summed E-state index contributed by atoms with van der Waals surface area (Å²) in [6.45, 7) is 5.25. The summed E-state index contributed by atoms with van der Waals surface area (Å²) in [6.07, 6.45) is 4.20. The van der Waals surface area contributed by atoms with Gasteiger partial charge < -0.3 is 25.0 Å². The number of hydrogen-bond donors (Lipinski definition) is 4. The minimum absolute atomic E-state index is 0.595. The summed E-state index contributed by atoms with van der Waals surface area (Å²) >= 11 is 1.77. The van der Waals surface area contributed by atoms with Crippen LogP contribution in [0.5, 0.6) is 0 Å². The van der Waals surface area contributed by atoms with Crippen LogP contribution < -0.4 is 0 Å². The lowest BCUT2D eigenvalue weighted by Crippen LogP contribution is -2.42. The molecule has 0 amide bonds. The molecule has 1 aromatic carbocycles. The lowest BCUT2D eigenvalue weighted by molar-refractivity contribution is -0.170. The molecule has 0 atom stereocenters. The van der Waals surface area contributed by atoms with Gasteiger partial charge >= 0.3 is 17.9 Å². The van der Waals surface area contributed by atoms with Crippen LogP contribution in [0.15, 0.2) is 49.1 Å². The highest BCUT2D eigenvalue weighted by atomic mass is 32.1. The molecule has 2 heterocycles. The van der Waals surface area contributed by atoms with E-state index in [1.54, 1.807) is 23.6 Å². The Kier molecular flexibility index (Phi) is 11.5. The Morgan fingerprint density at radius 1 is 1.03 bits per heavy atom. The number of benzene rings is 1. The number of imidazole rings is 1. The molecule has 0 saturated carbocycles. The number of aliphatic carboxylic acids is 3. The Hall–Kier alpha value is -3.68. The molecular weight excluding hydrogens is 524 g/mol. The average Bonchev–Trinajstić information content (AvgIpc) is 3.47. The van der Waals surface area contributed by atoms with Gasteiger partial charge in [-0.1, -0.05) is 6.07 Å². The number of carboxylic acid groups (broad SMARTS) is 3. The van der Waals surface area contributed by atoms with E-state index in [9.17, 15) is 23.2 Å². The third-order valence-electron chi connectivity index (χ3n) is 5.30. The number of nitrogens with zero attached hydrogens (tertiary/aromatic N) is 3. The van der Waals surface area contributed by atoms with Gasteiger partial charge in [0.25, 0.3) is 0 Å². The molecular formula is C25H29F2N3O7S. The van der Waals surface area contributed by atoms with Gasteiger partial charge in [-0.3, -0.25) is 14.5 Å². The first-order valence-corrected chi connectivity index (χ1v) is 12.3. The minimum atomic E-state index is -2.74. The van der Waals surface area contributed by atoms with Crippen LogP contribution in [0.3, 0.4) is 0 Å². The van der Waals surface area contributed by atoms with E-state index in [0.717, 1.165) is 31.6 Å². The second-order valence-electron chi connectivity index (χ2n) is 8.60. The number of carbonyl (C=O) groups is 3. The van der Waals surface area contributed by atoms with Crippen molar-refractivity contribution >= 4 is 29.2 Å². The van der Waals surface area contributed by atoms with Gasteiger partial charge in [-0.2, -0.15) is 0 Å². The van der Waals surface area contributed by atoms with Gasteiger partial charge in [-0.25, -0.2) is 18.6 Å². The Morgan fingerprint density at radius 2 is 1.71 bits per heavy atom. The molecule has 0 saturated heterocycles. The zero-order valence-electron chi connectivity index (χ0n) is 20.6. The van der Waals surface area contributed by atoms with Crippen molar-refractivity contribution in [3.63, 3.8) is 0 Å². The van der Waals surface area contributed by atoms with Crippen molar-refractivity contribution in [2.24, 2.45) is 0 Å². The highest BCUT2D eigenvalue weighted by Crippen LogP contribution is 2.20. The average molecular weight is 554 g/mol. The summed E-state index contributed by atoms with van der Waals surface area (Å²) in [6, 6.07) is 8.39. The van der Waals surface area contributed by atoms with Crippen LogP contribution in [0.4, 0.5) is 8.78 Å². The maximum absolute atomic E-state index is 13.5. The number of hydrogen-bond acceptors (Lipinski definition) is 7. The smallest absolute Gasteiger partial charge is 0.336 e. The topological polar surface area (TPSA) is 153 Å². The Morgan fingerprint density at radius 3 is 2.21 bits per heavy atom. The summed E-state index contributed by atoms with van der Waals surface area (Å²) in [4.78, 5) is 39.4. The van der Waals surface area contributed by atoms with Crippen LogP contribution in [0.2, 0.25) is 0 Å². The van der Waals surface area contributed by atoms with Crippen LogP contribution in [-0.4, -0.2) is 64.9 Å². The van der Waals surface area contributed by atoms with Gasteiger partial charge in [0.1, 0.15) is 0 Å². The summed E-state index contributed by atoms with van der Waals surface area (Å²) < 4.78 is 28.7. The van der Waals surface area contributed by atoms with Gasteiger partial charge in [0.15, 0.2) is 17.2 Å². The van der Waals surface area contributed by atoms with Gasteiger partial charge in [0, 0.05) is 48.3 Å². The van der Waals surface area contributed by atoms with E-state index in [1.165, 1.54) is 21.9 Å². The zero-order valence-corrected chi connectivity index (χ0v) is 21.4. The van der Waals surface area contributed by atoms with Crippen LogP contribution in [-0.2, 0) is 34.0 Å². The number of aryl methyl sites for hydroxylation is 2. The summed E-state index contributed by atoms with van der Waals surface area (Å²) in [5.74, 6) is -6.61. The number of rotatable bonds is 13. The molecule has 3 aromatic rings. The van der Waals surface area contributed by atoms with E-state index < -0.39 is 48.0 Å². The molecule has 0 fully saturated rings. The summed E-state index contributed by atoms with van der Waals surface area (Å²) in [7, 11) is 0. The first-order valence-electron chi connectivity index (χ1n) is 11.4. The Balaban J connectivity index is 0.000000332. The van der Waals surface area contributed by atoms with Crippen LogP contribution in [0, 0.1) is 18.6 Å². The third-order valence-corrected chi connectivity index (χ3v) is 6.29. The molecule has 0 unspecified atom stereocenters. The minimum Gasteiger partial charge on any atom is -0.481 e. The third kappa shape index (κ3) is 10.4. The fraction of sp³-hybridized carbons (Fsp3) is 0.360. The largest absolute Gasteiger partial charge is 0.481 e. The molecule has 10 nitrogen and oxygen atoms in total. The maximum atomic E-state index is 13.5. The molecule has 0 radical (unpaired) electrons. The molecule has 0 aliphatic heterocycles. The van der Waals surface area contributed by atoms with Crippen molar-refractivity contribution < 1.29 is 43.6 Å². The van der Waals surface area contributed by atoms with Gasteiger partial charge in [0.05, 0.1) is 19.2 Å². The fourth-order valence-electron chi connectivity index (χ4n) is 3.51. The van der Waals surface area contributed by atoms with Crippen LogP contribution >= 0.6 is 11.3 Å². The number of aliphatic hydroxyl groups is 1. The van der Waals surface area contributed by atoms with Crippen LogP contribution in [0.25, 0.3) is 0 Å². The van der Waals surface area contributed by atoms with E-state index in [-0.39, 0.29) is 0 Å². The molecule has 0 spiro atoms. The second kappa shape index (κ2) is 14.3. The van der Waals surface area contributed by atoms with Crippen molar-refractivity contribution in [1.82, 2.24) is 14.5 Å². The van der Waals surface area contributed by atoms with Crippen molar-refractivity contribution in [1.29, 1.82) is 0 Å². The monoisotopic (exact) mass is 553 g/mol. The van der Waals surface area contributed by atoms with E-state index in [0.29, 0.717) is 6.54 Å². The molecule has 3 rings (SSSR count). The molecule has 13 heteroatoms. The normalized spacial score (nSPS) is 11.2. The number of thiophene rings is 1. The van der Waals surface area contributed by atoms with Gasteiger partial charge in [-0.05, 0) is 43.2 Å².